The highest BCUT2D eigenvalue weighted by atomic mass is 16.5. The Balaban J connectivity index is 1.12. The van der Waals surface area contributed by atoms with Gasteiger partial charge in [-0.15, -0.1) is 0 Å². The van der Waals surface area contributed by atoms with E-state index in [4.69, 9.17) is 4.74 Å². The van der Waals surface area contributed by atoms with Crippen LogP contribution >= 0.6 is 0 Å². The Morgan fingerprint density at radius 2 is 1.59 bits per heavy atom. The first kappa shape index (κ1) is 28.4. The molecule has 1 aliphatic heterocycles. The Morgan fingerprint density at radius 3 is 2.24 bits per heavy atom. The molecule has 1 aromatic rings. The zero-order valence-corrected chi connectivity index (χ0v) is 23.6. The molecule has 1 saturated heterocycles. The number of hydrogen-bond donors (Lipinski definition) is 1. The number of unbranched alkanes of at least 4 members (excludes halogenated alkanes) is 2. The zero-order valence-electron chi connectivity index (χ0n) is 23.6. The van der Waals surface area contributed by atoms with Gasteiger partial charge in [0.05, 0.1) is 12.7 Å². The average Bonchev–Trinajstić information content (AvgIpc) is 2.96. The predicted molar refractivity (Wildman–Crippen MR) is 155 cm³/mol. The van der Waals surface area contributed by atoms with Crippen molar-refractivity contribution in [2.24, 2.45) is 23.7 Å². The smallest absolute Gasteiger partial charge is 0.243 e. The lowest BCUT2D eigenvalue weighted by Gasteiger charge is -2.41. The first-order valence-electron chi connectivity index (χ1n) is 15.8. The van der Waals surface area contributed by atoms with Gasteiger partial charge in [-0.1, -0.05) is 76.3 Å². The Labute approximate surface area is 227 Å². The van der Waals surface area contributed by atoms with E-state index in [1.807, 2.05) is 0 Å². The summed E-state index contributed by atoms with van der Waals surface area (Å²) in [5.74, 6) is 4.19. The standard InChI is InChI=1S/C34H53NO2/c1-3-5-6-8-26-12-16-30(17-13-26)32-22-23-33(37-25-32)31-20-18-29(19-21-31)28-14-10-27(11-15-28)9-7-24-35-34(36)4-2/h4,10-11,14-15,26,29-33H,2-3,5-9,12-13,16-25H2,1H3,(H,35,36). The maximum absolute atomic E-state index is 11.3. The van der Waals surface area contributed by atoms with Gasteiger partial charge in [0.15, 0.2) is 0 Å². The van der Waals surface area contributed by atoms with Gasteiger partial charge in [0, 0.05) is 6.54 Å². The number of nitrogens with one attached hydrogen (secondary N) is 1. The number of benzene rings is 1. The van der Waals surface area contributed by atoms with Crippen molar-refractivity contribution in [3.05, 3.63) is 48.0 Å². The van der Waals surface area contributed by atoms with E-state index in [0.29, 0.717) is 18.6 Å². The van der Waals surface area contributed by atoms with Crippen molar-refractivity contribution in [1.29, 1.82) is 0 Å². The monoisotopic (exact) mass is 507 g/mol. The lowest BCUT2D eigenvalue weighted by atomic mass is 9.71. The molecule has 3 aliphatic rings. The molecule has 206 valence electrons. The van der Waals surface area contributed by atoms with Crippen LogP contribution in [0.1, 0.15) is 120 Å². The Hall–Kier alpha value is -1.61. The summed E-state index contributed by atoms with van der Waals surface area (Å²) in [5, 5.41) is 2.86. The maximum Gasteiger partial charge on any atom is 0.243 e. The van der Waals surface area contributed by atoms with Gasteiger partial charge < -0.3 is 10.1 Å². The molecule has 1 amide bonds. The van der Waals surface area contributed by atoms with Gasteiger partial charge in [-0.25, -0.2) is 0 Å². The fraction of sp³-hybridized carbons (Fsp3) is 0.735. The summed E-state index contributed by atoms with van der Waals surface area (Å²) in [5.41, 5.74) is 2.87. The van der Waals surface area contributed by atoms with E-state index in [2.05, 4.69) is 43.1 Å². The molecule has 4 rings (SSSR count). The van der Waals surface area contributed by atoms with Crippen molar-refractivity contribution in [2.75, 3.05) is 13.2 Å². The van der Waals surface area contributed by atoms with Crippen molar-refractivity contribution in [1.82, 2.24) is 5.32 Å². The fourth-order valence-corrected chi connectivity index (χ4v) is 7.52. The minimum atomic E-state index is -0.0835. The molecule has 1 aromatic carbocycles. The molecule has 0 aromatic heterocycles. The molecular weight excluding hydrogens is 454 g/mol. The highest BCUT2D eigenvalue weighted by Gasteiger charge is 2.35. The molecule has 0 bridgehead atoms. The van der Waals surface area contributed by atoms with Crippen LogP contribution in [0.5, 0.6) is 0 Å². The maximum atomic E-state index is 11.3. The van der Waals surface area contributed by atoms with Gasteiger partial charge in [-0.05, 0) is 111 Å². The van der Waals surface area contributed by atoms with E-state index in [1.54, 1.807) is 0 Å². The first-order valence-corrected chi connectivity index (χ1v) is 15.8. The summed E-state index contributed by atoms with van der Waals surface area (Å²) in [4.78, 5) is 11.3. The van der Waals surface area contributed by atoms with Crippen molar-refractivity contribution >= 4 is 5.91 Å². The Kier molecular flexibility index (Phi) is 11.6. The SMILES string of the molecule is C=CC(=O)NCCCc1ccc(C2CCC(C3CCC(C4CCC(CCCCC)CC4)CO3)CC2)cc1. The lowest BCUT2D eigenvalue weighted by molar-refractivity contribution is -0.116. The second-order valence-electron chi connectivity index (χ2n) is 12.4. The van der Waals surface area contributed by atoms with E-state index in [-0.39, 0.29) is 5.91 Å². The predicted octanol–water partition coefficient (Wildman–Crippen LogP) is 8.38. The molecule has 0 spiro atoms. The van der Waals surface area contributed by atoms with E-state index in [9.17, 15) is 4.79 Å². The zero-order chi connectivity index (χ0) is 25.9. The summed E-state index contributed by atoms with van der Waals surface area (Å²) >= 11 is 0. The van der Waals surface area contributed by atoms with Gasteiger partial charge in [0.25, 0.3) is 0 Å². The Morgan fingerprint density at radius 1 is 0.892 bits per heavy atom. The molecule has 3 nitrogen and oxygen atoms in total. The number of hydrogen-bond acceptors (Lipinski definition) is 2. The highest BCUT2D eigenvalue weighted by molar-refractivity contribution is 5.86. The molecular formula is C34H53NO2. The van der Waals surface area contributed by atoms with Gasteiger partial charge in [-0.2, -0.15) is 0 Å². The summed E-state index contributed by atoms with van der Waals surface area (Å²) in [7, 11) is 0. The highest BCUT2D eigenvalue weighted by Crippen LogP contribution is 2.43. The van der Waals surface area contributed by atoms with Crippen LogP contribution in [0.15, 0.2) is 36.9 Å². The average molecular weight is 508 g/mol. The van der Waals surface area contributed by atoms with Gasteiger partial charge in [-0.3, -0.25) is 4.79 Å². The fourth-order valence-electron chi connectivity index (χ4n) is 7.52. The molecule has 2 atom stereocenters. The number of rotatable bonds is 12. The van der Waals surface area contributed by atoms with Crippen molar-refractivity contribution in [2.45, 2.75) is 122 Å². The van der Waals surface area contributed by atoms with E-state index >= 15 is 0 Å². The third-order valence-electron chi connectivity index (χ3n) is 10.00. The lowest BCUT2D eigenvalue weighted by Crippen LogP contribution is -2.37. The third-order valence-corrected chi connectivity index (χ3v) is 10.00. The third kappa shape index (κ3) is 8.70. The summed E-state index contributed by atoms with van der Waals surface area (Å²) in [6.07, 6.45) is 23.4. The molecule has 1 heterocycles. The quantitative estimate of drug-likeness (QED) is 0.228. The van der Waals surface area contributed by atoms with Gasteiger partial charge in [0.2, 0.25) is 5.91 Å². The molecule has 0 radical (unpaired) electrons. The Bertz CT molecular complexity index is 794. The second kappa shape index (κ2) is 15.1. The van der Waals surface area contributed by atoms with Crippen LogP contribution in [-0.4, -0.2) is 25.2 Å². The van der Waals surface area contributed by atoms with Gasteiger partial charge in [0.1, 0.15) is 0 Å². The minimum absolute atomic E-state index is 0.0835. The van der Waals surface area contributed by atoms with Crippen LogP contribution in [0.4, 0.5) is 0 Å². The normalized spacial score (nSPS) is 30.5. The molecule has 3 heteroatoms. The summed E-state index contributed by atoms with van der Waals surface area (Å²) < 4.78 is 6.58. The molecule has 37 heavy (non-hydrogen) atoms. The van der Waals surface area contributed by atoms with Crippen LogP contribution < -0.4 is 5.32 Å². The number of ether oxygens (including phenoxy) is 1. The van der Waals surface area contributed by atoms with Crippen LogP contribution in [0.25, 0.3) is 0 Å². The molecule has 2 saturated carbocycles. The molecule has 2 aliphatic carbocycles. The van der Waals surface area contributed by atoms with Crippen LogP contribution in [0.3, 0.4) is 0 Å². The summed E-state index contributed by atoms with van der Waals surface area (Å²) in [6.45, 7) is 7.56. The number of carbonyl (C=O) groups excluding carboxylic acids is 1. The van der Waals surface area contributed by atoms with Gasteiger partial charge >= 0.3 is 0 Å². The van der Waals surface area contributed by atoms with Crippen molar-refractivity contribution in [3.63, 3.8) is 0 Å². The van der Waals surface area contributed by atoms with Crippen molar-refractivity contribution in [3.8, 4) is 0 Å². The van der Waals surface area contributed by atoms with Crippen LogP contribution in [-0.2, 0) is 16.0 Å². The molecule has 1 N–H and O–H groups in total. The number of aryl methyl sites for hydroxylation is 1. The van der Waals surface area contributed by atoms with E-state index < -0.39 is 0 Å². The largest absolute Gasteiger partial charge is 0.378 e. The van der Waals surface area contributed by atoms with E-state index in [0.717, 1.165) is 43.1 Å². The summed E-state index contributed by atoms with van der Waals surface area (Å²) in [6, 6.07) is 9.28. The molecule has 3 fully saturated rings. The number of amides is 1. The second-order valence-corrected chi connectivity index (χ2v) is 12.4. The topological polar surface area (TPSA) is 38.3 Å². The number of carbonyl (C=O) groups is 1. The first-order chi connectivity index (χ1) is 18.2. The van der Waals surface area contributed by atoms with Crippen molar-refractivity contribution < 1.29 is 9.53 Å². The van der Waals surface area contributed by atoms with Crippen LogP contribution in [0.2, 0.25) is 0 Å². The van der Waals surface area contributed by atoms with Crippen LogP contribution in [0, 0.1) is 23.7 Å². The van der Waals surface area contributed by atoms with E-state index in [1.165, 1.54) is 107 Å². The minimum Gasteiger partial charge on any atom is -0.378 e. The molecule has 2 unspecified atom stereocenters.